The van der Waals surface area contributed by atoms with Gasteiger partial charge in [-0.05, 0) is 64.3 Å². The van der Waals surface area contributed by atoms with Crippen molar-refractivity contribution in [3.8, 4) is 6.07 Å². The largest absolute Gasteiger partial charge is 0.563 e. The highest BCUT2D eigenvalue weighted by atomic mass is 28.4. The van der Waals surface area contributed by atoms with Gasteiger partial charge < -0.3 is 24.9 Å². The molecule has 0 radical (unpaired) electrons. The third-order valence-corrected chi connectivity index (χ3v) is 13.5. The quantitative estimate of drug-likeness (QED) is 0.423. The molecule has 1 atom stereocenters. The van der Waals surface area contributed by atoms with Crippen molar-refractivity contribution >= 4 is 25.6 Å². The lowest BCUT2D eigenvalue weighted by Crippen LogP contribution is -2.56. The molecule has 40 heavy (non-hydrogen) atoms. The highest BCUT2D eigenvalue weighted by Gasteiger charge is 2.29. The first kappa shape index (κ1) is 30.1. The van der Waals surface area contributed by atoms with Crippen LogP contribution in [0.15, 0.2) is 36.4 Å². The maximum atomic E-state index is 13.7. The van der Waals surface area contributed by atoms with Gasteiger partial charge in [-0.2, -0.15) is 5.26 Å². The zero-order valence-corrected chi connectivity index (χ0v) is 26.4. The lowest BCUT2D eigenvalue weighted by atomic mass is 9.99. The number of carbonyl (C=O) groups is 1. The van der Waals surface area contributed by atoms with Crippen LogP contribution in [0.3, 0.4) is 0 Å². The minimum Gasteiger partial charge on any atom is -0.563 e. The number of aryl methyl sites for hydroxylation is 2. The van der Waals surface area contributed by atoms with E-state index in [9.17, 15) is 10.1 Å². The van der Waals surface area contributed by atoms with E-state index in [-0.39, 0.29) is 17.0 Å². The van der Waals surface area contributed by atoms with Crippen LogP contribution in [-0.2, 0) is 4.43 Å². The van der Waals surface area contributed by atoms with Gasteiger partial charge in [0.1, 0.15) is 6.07 Å². The average molecular weight is 562 g/mol. The van der Waals surface area contributed by atoms with E-state index in [4.69, 9.17) is 4.43 Å². The lowest BCUT2D eigenvalue weighted by Gasteiger charge is -2.49. The van der Waals surface area contributed by atoms with E-state index < -0.39 is 8.32 Å². The summed E-state index contributed by atoms with van der Waals surface area (Å²) in [6.45, 7) is 20.0. The Morgan fingerprint density at radius 2 is 1.82 bits per heavy atom. The molecule has 4 rings (SSSR count). The van der Waals surface area contributed by atoms with Crippen LogP contribution in [0.25, 0.3) is 0 Å². The fourth-order valence-corrected chi connectivity index (χ4v) is 6.43. The fraction of sp³-hybridized carbons (Fsp3) is 0.562. The number of nitriles is 1. The van der Waals surface area contributed by atoms with Gasteiger partial charge in [-0.1, -0.05) is 39.0 Å². The minimum absolute atomic E-state index is 0.0994. The molecule has 2 aliphatic rings. The zero-order chi connectivity index (χ0) is 29.1. The normalized spacial score (nSPS) is 18.9. The van der Waals surface area contributed by atoms with Crippen LogP contribution in [0, 0.1) is 25.2 Å². The first-order valence-electron chi connectivity index (χ1n) is 14.7. The summed E-state index contributed by atoms with van der Waals surface area (Å²) in [5, 5.41) is 17.0. The Morgan fingerprint density at radius 1 is 1.12 bits per heavy atom. The second-order valence-corrected chi connectivity index (χ2v) is 17.8. The Hall–Kier alpha value is -2.86. The number of anilines is 2. The van der Waals surface area contributed by atoms with E-state index in [2.05, 4.69) is 74.5 Å². The van der Waals surface area contributed by atoms with E-state index in [1.807, 2.05) is 36.1 Å². The topological polar surface area (TPSA) is 80.6 Å². The van der Waals surface area contributed by atoms with Crippen molar-refractivity contribution in [2.45, 2.75) is 77.7 Å². The number of rotatable bonds is 7. The van der Waals surface area contributed by atoms with Gasteiger partial charge in [-0.15, -0.1) is 18.1 Å². The van der Waals surface area contributed by atoms with Crippen molar-refractivity contribution in [2.24, 2.45) is 0 Å². The number of para-hydroxylation sites is 1. The summed E-state index contributed by atoms with van der Waals surface area (Å²) in [6, 6.07) is 14.8. The van der Waals surface area contributed by atoms with Gasteiger partial charge in [-0.25, -0.2) is 0 Å². The van der Waals surface area contributed by atoms with E-state index in [0.717, 1.165) is 66.1 Å². The molecule has 0 bridgehead atoms. The molecule has 7 nitrogen and oxygen atoms in total. The smallest absolute Gasteiger partial charge is 0.254 e. The van der Waals surface area contributed by atoms with Crippen LogP contribution < -0.4 is 15.5 Å². The van der Waals surface area contributed by atoms with Crippen molar-refractivity contribution in [2.75, 3.05) is 49.5 Å². The average Bonchev–Trinajstić information content (AvgIpc) is 2.93. The third-order valence-electron chi connectivity index (χ3n) is 9.02. The number of carbonyl (C=O) groups excluding carboxylic acids is 1. The minimum atomic E-state index is -1.84. The molecule has 1 amide bonds. The van der Waals surface area contributed by atoms with Crippen LogP contribution in [0.1, 0.15) is 60.7 Å². The summed E-state index contributed by atoms with van der Waals surface area (Å²) in [5.74, 6) is 0.0994. The van der Waals surface area contributed by atoms with Gasteiger partial charge in [0, 0.05) is 62.7 Å². The number of amides is 1. The Morgan fingerprint density at radius 3 is 2.50 bits per heavy atom. The molecule has 2 fully saturated rings. The first-order valence-corrected chi connectivity index (χ1v) is 17.6. The number of hydrogen-bond donors (Lipinski definition) is 2. The predicted molar refractivity (Wildman–Crippen MR) is 167 cm³/mol. The van der Waals surface area contributed by atoms with Gasteiger partial charge >= 0.3 is 0 Å². The summed E-state index contributed by atoms with van der Waals surface area (Å²) >= 11 is 0. The number of hydrogen-bond acceptors (Lipinski definition) is 6. The van der Waals surface area contributed by atoms with Crippen LogP contribution in [0.5, 0.6) is 0 Å². The molecular weight excluding hydrogens is 514 g/mol. The second-order valence-electron chi connectivity index (χ2n) is 13.0. The molecule has 2 aliphatic heterocycles. The molecule has 0 unspecified atom stereocenters. The predicted octanol–water partition coefficient (Wildman–Crippen LogP) is 5.69. The number of piperazine rings is 1. The van der Waals surface area contributed by atoms with Crippen LogP contribution in [0.4, 0.5) is 11.4 Å². The summed E-state index contributed by atoms with van der Waals surface area (Å²) < 4.78 is 6.47. The lowest BCUT2D eigenvalue weighted by molar-refractivity contribution is 0.0674. The summed E-state index contributed by atoms with van der Waals surface area (Å²) in [6.07, 6.45) is 1.95. The Balaban J connectivity index is 1.39. The number of nitrogens with zero attached hydrogens (tertiary/aromatic N) is 3. The van der Waals surface area contributed by atoms with E-state index in [0.29, 0.717) is 25.7 Å². The summed E-state index contributed by atoms with van der Waals surface area (Å²) in [5.41, 5.74) is 5.74. The Kier molecular flexibility index (Phi) is 9.28. The van der Waals surface area contributed by atoms with Crippen molar-refractivity contribution in [1.29, 1.82) is 5.26 Å². The standard InChI is InChI=1S/C32H47N5O2Si/c1-23-18-24(2)29(35-26-12-15-36(16-13-26)30-11-9-8-10-25(30)20-33)19-28(23)31(38)37-17-14-34-27(21-37)22-39-40(6,7)32(3,4)5/h8-11,18-19,26-27,34-35H,12-17,21-22H2,1-7H3/q-1/t27-/m0/s1. The van der Waals surface area contributed by atoms with Gasteiger partial charge in [0.25, 0.3) is 5.91 Å². The molecule has 0 aliphatic carbocycles. The monoisotopic (exact) mass is 561 g/mol. The van der Waals surface area contributed by atoms with Gasteiger partial charge in [0.15, 0.2) is 0 Å². The number of nitrogens with one attached hydrogen (secondary N) is 2. The fourth-order valence-electron chi connectivity index (χ4n) is 5.38. The number of piperidine rings is 1. The Bertz CT molecular complexity index is 1240. The van der Waals surface area contributed by atoms with Crippen molar-refractivity contribution < 1.29 is 9.22 Å². The molecule has 217 valence electrons. The van der Waals surface area contributed by atoms with Gasteiger partial charge in [0.2, 0.25) is 0 Å². The van der Waals surface area contributed by atoms with Gasteiger partial charge in [-0.3, -0.25) is 4.79 Å². The first-order chi connectivity index (χ1) is 18.9. The van der Waals surface area contributed by atoms with Crippen molar-refractivity contribution in [3.63, 3.8) is 0 Å². The molecule has 2 aromatic carbocycles. The molecule has 2 aromatic rings. The molecule has 2 heterocycles. The maximum Gasteiger partial charge on any atom is 0.254 e. The number of benzene rings is 2. The van der Waals surface area contributed by atoms with Gasteiger partial charge in [0.05, 0.1) is 11.3 Å². The zero-order valence-electron chi connectivity index (χ0n) is 25.4. The Labute approximate surface area is 242 Å². The summed E-state index contributed by atoms with van der Waals surface area (Å²) in [4.78, 5) is 18.0. The SMILES string of the molecule is Cc1cc(C)c(C(=O)N2CCN[C@H](CO[Si-](C)(C)C(C)(C)C)C2)cc1NC1CCN(c2ccccc2C#N)CC1. The maximum absolute atomic E-state index is 13.7. The van der Waals surface area contributed by atoms with Crippen molar-refractivity contribution in [1.82, 2.24) is 10.2 Å². The molecule has 0 saturated carbocycles. The molecule has 2 N–H and O–H groups in total. The molecule has 2 saturated heterocycles. The van der Waals surface area contributed by atoms with Crippen molar-refractivity contribution in [3.05, 3.63) is 58.7 Å². The highest BCUT2D eigenvalue weighted by Crippen LogP contribution is 2.36. The van der Waals surface area contributed by atoms with E-state index in [1.165, 1.54) is 0 Å². The molecule has 0 aromatic heterocycles. The summed E-state index contributed by atoms with van der Waals surface area (Å²) in [7, 11) is -1.84. The molecular formula is C32H47N5O2Si-. The van der Waals surface area contributed by atoms with E-state index in [1.54, 1.807) is 0 Å². The van der Waals surface area contributed by atoms with Crippen LogP contribution >= 0.6 is 0 Å². The molecule has 8 heteroatoms. The third kappa shape index (κ3) is 6.88. The van der Waals surface area contributed by atoms with Crippen LogP contribution in [0.2, 0.25) is 18.1 Å². The molecule has 0 spiro atoms. The second kappa shape index (κ2) is 12.3. The van der Waals surface area contributed by atoms with E-state index >= 15 is 0 Å². The highest BCUT2D eigenvalue weighted by molar-refractivity contribution is 6.74. The van der Waals surface area contributed by atoms with Crippen LogP contribution in [-0.4, -0.2) is 70.5 Å².